The highest BCUT2D eigenvalue weighted by atomic mass is 127. The SMILES string of the molecule is C[C@H](N)C(=O)Cc1cccc(Oc2cc(F)cc(Cc3ccc(I)cc3F)c2C(N)=O)c1. The first-order chi connectivity index (χ1) is 15.1. The van der Waals surface area contributed by atoms with E-state index in [-0.39, 0.29) is 35.5 Å². The van der Waals surface area contributed by atoms with Crippen molar-refractivity contribution in [1.29, 1.82) is 0 Å². The van der Waals surface area contributed by atoms with Gasteiger partial charge in [0.05, 0.1) is 11.6 Å². The van der Waals surface area contributed by atoms with E-state index in [1.54, 1.807) is 43.3 Å². The summed E-state index contributed by atoms with van der Waals surface area (Å²) in [6, 6.07) is 12.8. The highest BCUT2D eigenvalue weighted by Crippen LogP contribution is 2.31. The zero-order valence-corrected chi connectivity index (χ0v) is 19.4. The van der Waals surface area contributed by atoms with E-state index < -0.39 is 23.6 Å². The van der Waals surface area contributed by atoms with E-state index in [0.717, 1.165) is 12.1 Å². The molecule has 0 saturated heterocycles. The normalized spacial score (nSPS) is 11.8. The van der Waals surface area contributed by atoms with E-state index >= 15 is 0 Å². The van der Waals surface area contributed by atoms with Crippen LogP contribution in [0.15, 0.2) is 54.6 Å². The average Bonchev–Trinajstić information content (AvgIpc) is 2.69. The molecule has 0 fully saturated rings. The molecular weight excluding hydrogens is 529 g/mol. The van der Waals surface area contributed by atoms with Gasteiger partial charge in [0.1, 0.15) is 23.1 Å². The Hall–Kier alpha value is -2.85. The lowest BCUT2D eigenvalue weighted by atomic mass is 9.98. The fourth-order valence-corrected chi connectivity index (χ4v) is 3.67. The number of nitrogens with two attached hydrogens (primary N) is 2. The maximum Gasteiger partial charge on any atom is 0.252 e. The molecule has 0 aliphatic rings. The lowest BCUT2D eigenvalue weighted by Gasteiger charge is -2.15. The fraction of sp³-hybridized carbons (Fsp3) is 0.167. The Morgan fingerprint density at radius 2 is 1.81 bits per heavy atom. The van der Waals surface area contributed by atoms with Crippen LogP contribution in [-0.4, -0.2) is 17.7 Å². The molecule has 3 aromatic rings. The first-order valence-electron chi connectivity index (χ1n) is 9.75. The first kappa shape index (κ1) is 23.8. The molecule has 3 rings (SSSR count). The van der Waals surface area contributed by atoms with Crippen LogP contribution in [0.2, 0.25) is 0 Å². The van der Waals surface area contributed by atoms with Crippen molar-refractivity contribution in [1.82, 2.24) is 0 Å². The first-order valence-corrected chi connectivity index (χ1v) is 10.8. The summed E-state index contributed by atoms with van der Waals surface area (Å²) in [5, 5.41) is 0. The maximum atomic E-state index is 14.4. The highest BCUT2D eigenvalue weighted by molar-refractivity contribution is 14.1. The van der Waals surface area contributed by atoms with Crippen LogP contribution >= 0.6 is 22.6 Å². The Morgan fingerprint density at radius 3 is 2.47 bits per heavy atom. The molecule has 0 bridgehead atoms. The van der Waals surface area contributed by atoms with Crippen LogP contribution in [0.1, 0.15) is 34.0 Å². The van der Waals surface area contributed by atoms with E-state index in [0.29, 0.717) is 20.4 Å². The number of rotatable bonds is 8. The molecule has 0 aliphatic carbocycles. The monoisotopic (exact) mass is 550 g/mol. The zero-order valence-electron chi connectivity index (χ0n) is 17.2. The molecule has 1 amide bonds. The number of ketones is 1. The molecule has 32 heavy (non-hydrogen) atoms. The third-order valence-corrected chi connectivity index (χ3v) is 5.47. The average molecular weight is 550 g/mol. The van der Waals surface area contributed by atoms with Crippen LogP contribution in [0.25, 0.3) is 0 Å². The molecule has 0 aliphatic heterocycles. The number of hydrogen-bond acceptors (Lipinski definition) is 4. The summed E-state index contributed by atoms with van der Waals surface area (Å²) in [5.41, 5.74) is 12.3. The molecule has 5 nitrogen and oxygen atoms in total. The molecule has 4 N–H and O–H groups in total. The summed E-state index contributed by atoms with van der Waals surface area (Å²) in [5.74, 6) is -1.90. The van der Waals surface area contributed by atoms with Crippen LogP contribution in [0, 0.1) is 15.2 Å². The topological polar surface area (TPSA) is 95.4 Å². The third-order valence-electron chi connectivity index (χ3n) is 4.80. The predicted molar refractivity (Wildman–Crippen MR) is 126 cm³/mol. The second kappa shape index (κ2) is 10.2. The molecule has 0 spiro atoms. The van der Waals surface area contributed by atoms with Gasteiger partial charge >= 0.3 is 0 Å². The number of hydrogen-bond donors (Lipinski definition) is 2. The van der Waals surface area contributed by atoms with Gasteiger partial charge in [-0.2, -0.15) is 0 Å². The van der Waals surface area contributed by atoms with Gasteiger partial charge in [0.2, 0.25) is 0 Å². The van der Waals surface area contributed by atoms with E-state index in [4.69, 9.17) is 16.2 Å². The lowest BCUT2D eigenvalue weighted by molar-refractivity contribution is -0.119. The number of carbonyl (C=O) groups excluding carboxylic acids is 2. The molecule has 0 unspecified atom stereocenters. The van der Waals surface area contributed by atoms with Crippen LogP contribution in [0.5, 0.6) is 11.5 Å². The minimum atomic E-state index is -0.829. The summed E-state index contributed by atoms with van der Waals surface area (Å²) in [4.78, 5) is 24.2. The largest absolute Gasteiger partial charge is 0.456 e. The van der Waals surface area contributed by atoms with Gasteiger partial charge in [0.25, 0.3) is 5.91 Å². The van der Waals surface area contributed by atoms with E-state index in [1.807, 2.05) is 22.6 Å². The Kier molecular flexibility index (Phi) is 7.57. The van der Waals surface area contributed by atoms with Gasteiger partial charge in [-0.3, -0.25) is 9.59 Å². The quantitative estimate of drug-likeness (QED) is 0.404. The Bertz CT molecular complexity index is 1180. The van der Waals surface area contributed by atoms with Crippen LogP contribution < -0.4 is 16.2 Å². The Balaban J connectivity index is 1.97. The number of Topliss-reactive ketones (excluding diaryl/α,β-unsaturated/α-hetero) is 1. The van der Waals surface area contributed by atoms with Crippen molar-refractivity contribution in [3.8, 4) is 11.5 Å². The number of ether oxygens (including phenoxy) is 1. The highest BCUT2D eigenvalue weighted by Gasteiger charge is 2.20. The van der Waals surface area contributed by atoms with Gasteiger partial charge in [-0.15, -0.1) is 0 Å². The molecule has 0 saturated carbocycles. The molecule has 166 valence electrons. The van der Waals surface area contributed by atoms with E-state index in [2.05, 4.69) is 0 Å². The summed E-state index contributed by atoms with van der Waals surface area (Å²) in [6.07, 6.45) is 0.0656. The Labute approximate surface area is 197 Å². The maximum absolute atomic E-state index is 14.4. The van der Waals surface area contributed by atoms with E-state index in [9.17, 15) is 18.4 Å². The van der Waals surface area contributed by atoms with Crippen molar-refractivity contribution in [2.24, 2.45) is 11.5 Å². The number of primary amides is 1. The van der Waals surface area contributed by atoms with Crippen molar-refractivity contribution in [2.75, 3.05) is 0 Å². The fourth-order valence-electron chi connectivity index (χ4n) is 3.21. The number of benzene rings is 3. The molecule has 8 heteroatoms. The number of amides is 1. The van der Waals surface area contributed by atoms with Crippen LogP contribution in [-0.2, 0) is 17.6 Å². The molecule has 3 aromatic carbocycles. The number of halogens is 3. The Morgan fingerprint density at radius 1 is 1.06 bits per heavy atom. The van der Waals surface area contributed by atoms with Gasteiger partial charge in [-0.1, -0.05) is 18.2 Å². The predicted octanol–water partition coefficient (Wildman–Crippen LogP) is 4.51. The van der Waals surface area contributed by atoms with Crippen molar-refractivity contribution in [3.05, 3.63) is 92.1 Å². The summed E-state index contributed by atoms with van der Waals surface area (Å²) in [6.45, 7) is 1.60. The van der Waals surface area contributed by atoms with Crippen molar-refractivity contribution in [2.45, 2.75) is 25.8 Å². The van der Waals surface area contributed by atoms with Gasteiger partial charge in [-0.25, -0.2) is 8.78 Å². The van der Waals surface area contributed by atoms with Crippen molar-refractivity contribution in [3.63, 3.8) is 0 Å². The lowest BCUT2D eigenvalue weighted by Crippen LogP contribution is -2.28. The minimum absolute atomic E-state index is 0.0404. The second-order valence-electron chi connectivity index (χ2n) is 7.40. The molecule has 0 aromatic heterocycles. The van der Waals surface area contributed by atoms with Gasteiger partial charge < -0.3 is 16.2 Å². The minimum Gasteiger partial charge on any atom is -0.456 e. The third kappa shape index (κ3) is 5.89. The zero-order chi connectivity index (χ0) is 23.4. The smallest absolute Gasteiger partial charge is 0.252 e. The molecule has 1 atom stereocenters. The summed E-state index contributed by atoms with van der Waals surface area (Å²) in [7, 11) is 0. The summed E-state index contributed by atoms with van der Waals surface area (Å²) < 4.78 is 35.2. The summed E-state index contributed by atoms with van der Waals surface area (Å²) >= 11 is 1.98. The number of carbonyl (C=O) groups is 2. The van der Waals surface area contributed by atoms with Crippen molar-refractivity contribution >= 4 is 34.3 Å². The molecule has 0 radical (unpaired) electrons. The van der Waals surface area contributed by atoms with Gasteiger partial charge in [0.15, 0.2) is 5.78 Å². The van der Waals surface area contributed by atoms with Gasteiger partial charge in [0, 0.05) is 22.5 Å². The van der Waals surface area contributed by atoms with Crippen molar-refractivity contribution < 1.29 is 23.1 Å². The molecule has 0 heterocycles. The van der Waals surface area contributed by atoms with Crippen LogP contribution in [0.3, 0.4) is 0 Å². The van der Waals surface area contributed by atoms with E-state index in [1.165, 1.54) is 6.07 Å². The second-order valence-corrected chi connectivity index (χ2v) is 8.64. The van der Waals surface area contributed by atoms with Gasteiger partial charge in [-0.05, 0) is 76.5 Å². The standard InChI is InChI=1S/C24H21F2IN2O3/c1-13(28)21(30)8-14-3-2-4-19(7-14)32-22-11-17(25)10-16(23(22)24(29)31)9-15-5-6-18(27)12-20(15)26/h2-7,10-13H,8-9,28H2,1H3,(H2,29,31)/t13-/m0/s1. The van der Waals surface area contributed by atoms with Crippen LogP contribution in [0.4, 0.5) is 8.78 Å². The molecular formula is C24H21F2IN2O3.